The third kappa shape index (κ3) is 13.8. The molecule has 3 heterocycles. The number of nitrogens with two attached hydrogens (primary N) is 1. The quantitative estimate of drug-likeness (QED) is 0.0433. The molecule has 75 heavy (non-hydrogen) atoms. The molecule has 26 nitrogen and oxygen atoms in total. The number of nitrogens with zero attached hydrogens (tertiary/aromatic N) is 4. The molecule has 30 heteroatoms. The third-order valence-electron chi connectivity index (χ3n) is 16.4. The van der Waals surface area contributed by atoms with Gasteiger partial charge in [-0.05, 0) is 91.8 Å². The number of thioether (sulfide) groups is 1. The molecular weight excluding hydrogens is 1070 g/mol. The molecule has 0 aromatic carbocycles. The fourth-order valence-electron chi connectivity index (χ4n) is 12.5. The highest BCUT2D eigenvalue weighted by atomic mass is 32.2. The number of aliphatic hydroxyl groups excluding tert-OH is 4. The maximum atomic E-state index is 13.0. The molecule has 1 saturated heterocycles. The largest absolute Gasteiger partial charge is 0.481 e. The number of imidazole rings is 1. The summed E-state index contributed by atoms with van der Waals surface area (Å²) >= 11 is 1.14. The van der Waals surface area contributed by atoms with Crippen LogP contribution in [0.4, 0.5) is 5.82 Å². The highest BCUT2D eigenvalue weighted by Crippen LogP contribution is 2.67. The first-order valence-corrected chi connectivity index (χ1v) is 30.6. The monoisotopic (exact) mass is 1140 g/mol. The van der Waals surface area contributed by atoms with Gasteiger partial charge < -0.3 is 61.1 Å². The minimum absolute atomic E-state index is 0.0270. The lowest BCUT2D eigenvalue weighted by Gasteiger charge is -2.59. The van der Waals surface area contributed by atoms with Crippen LogP contribution in [-0.2, 0) is 50.7 Å². The molecule has 2 aromatic heterocycles. The molecule has 4 aliphatic carbocycles. The Kier molecular flexibility index (Phi) is 18.8. The van der Waals surface area contributed by atoms with Gasteiger partial charge in [0.2, 0.25) is 11.8 Å². The number of hydrogen-bond donors (Lipinski definition) is 11. The number of fused-ring (bicyclic) bond motifs is 6. The van der Waals surface area contributed by atoms with E-state index in [4.69, 9.17) is 19.5 Å². The van der Waals surface area contributed by atoms with E-state index in [1.165, 1.54) is 19.4 Å². The summed E-state index contributed by atoms with van der Waals surface area (Å²) in [6, 6.07) is 0. The van der Waals surface area contributed by atoms with Crippen LogP contribution in [-0.4, -0.2) is 145 Å². The van der Waals surface area contributed by atoms with E-state index in [-0.39, 0.29) is 64.5 Å². The number of carbonyl (C=O) groups is 3. The van der Waals surface area contributed by atoms with Crippen LogP contribution in [0.5, 0.6) is 0 Å². The summed E-state index contributed by atoms with van der Waals surface area (Å²) < 4.78 is 62.7. The number of carbonyl (C=O) groups excluding carboxylic acids is 3. The fraction of sp³-hybridized carbons (Fsp3) is 0.778. The van der Waals surface area contributed by atoms with E-state index in [0.29, 0.717) is 42.3 Å². The van der Waals surface area contributed by atoms with E-state index >= 15 is 0 Å². The lowest BCUT2D eigenvalue weighted by Crippen LogP contribution is -2.54. The van der Waals surface area contributed by atoms with Gasteiger partial charge in [-0.2, -0.15) is 4.31 Å². The van der Waals surface area contributed by atoms with Gasteiger partial charge in [0.25, 0.3) is 0 Å². The third-order valence-corrected chi connectivity index (χ3v) is 20.5. The molecular formula is C45H72N7O19P3S. The Morgan fingerprint density at radius 3 is 2.40 bits per heavy atom. The van der Waals surface area contributed by atoms with Crippen molar-refractivity contribution in [2.24, 2.45) is 45.8 Å². The molecule has 2 amide bonds. The summed E-state index contributed by atoms with van der Waals surface area (Å²) in [5.41, 5.74) is 5.61. The lowest BCUT2D eigenvalue weighted by molar-refractivity contribution is -0.137. The number of phosphoric acid groups is 3. The van der Waals surface area contributed by atoms with Crippen LogP contribution in [0.15, 0.2) is 24.3 Å². The zero-order chi connectivity index (χ0) is 55.1. The molecule has 422 valence electrons. The summed E-state index contributed by atoms with van der Waals surface area (Å²) in [6.07, 6.45) is 2.11. The number of aromatic nitrogens is 4. The minimum atomic E-state index is -5.60. The first-order chi connectivity index (χ1) is 34.9. The van der Waals surface area contributed by atoms with E-state index in [1.807, 2.05) is 0 Å². The first kappa shape index (κ1) is 59.9. The van der Waals surface area contributed by atoms with E-state index in [0.717, 1.165) is 73.9 Å². The normalized spacial score (nSPS) is 33.3. The van der Waals surface area contributed by atoms with Gasteiger partial charge in [-0.3, -0.25) is 32.5 Å². The predicted molar refractivity (Wildman–Crippen MR) is 268 cm³/mol. The number of anilines is 1. The van der Waals surface area contributed by atoms with Gasteiger partial charge in [-0.1, -0.05) is 58.0 Å². The molecule has 0 spiro atoms. The standard InChI is InChI=1S/C45H72N7O19P3S/c1-24(27-7-8-28-34-29(11-14-45(27,28)5)44(4)13-10-26(53)18-25(44)19-30(34)54)6-9-33(56)75-17-16-47-32(55)12-15-48-41(59)38(58)43(2,3)21-68-74(65,66)71-73(63,64)67-20-31-37(70-72(60,61)62)36(57)42(69-31)52-23-51-35-39(46)49-22-50-40(35)52/h19,22-24,26-31,34,36-38,42,53-54,57-58H,6-18,20-21H2,1-5H3,(H,47,55)(H,48,59)(H,63,64)(H,65,66)(H2,46,49,50)(H2,60,61,62)/t24-,26+,27-,28+,29+,30+,31-,34+,36-,37-,38+,42-,44+,45-/m1/s1. The Hall–Kier alpha value is -2.78. The van der Waals surface area contributed by atoms with Gasteiger partial charge in [-0.25, -0.2) is 28.6 Å². The molecule has 0 bridgehead atoms. The zero-order valence-corrected chi connectivity index (χ0v) is 46.0. The molecule has 1 aliphatic heterocycles. The van der Waals surface area contributed by atoms with Crippen molar-refractivity contribution in [2.45, 2.75) is 142 Å². The van der Waals surface area contributed by atoms with Crippen LogP contribution < -0.4 is 16.4 Å². The van der Waals surface area contributed by atoms with Gasteiger partial charge in [-0.15, -0.1) is 0 Å². The van der Waals surface area contributed by atoms with Crippen LogP contribution in [0.2, 0.25) is 0 Å². The second kappa shape index (κ2) is 23.5. The lowest BCUT2D eigenvalue weighted by atomic mass is 9.46. The highest BCUT2D eigenvalue weighted by Gasteiger charge is 2.61. The Morgan fingerprint density at radius 1 is 0.960 bits per heavy atom. The Balaban J connectivity index is 0.780. The zero-order valence-electron chi connectivity index (χ0n) is 42.5. The number of rotatable bonds is 23. The van der Waals surface area contributed by atoms with Crippen molar-refractivity contribution in [1.82, 2.24) is 30.2 Å². The number of phosphoric ester groups is 3. The molecule has 4 fully saturated rings. The summed E-state index contributed by atoms with van der Waals surface area (Å²) in [7, 11) is -16.5. The van der Waals surface area contributed by atoms with Crippen LogP contribution in [0.3, 0.4) is 0 Å². The first-order valence-electron chi connectivity index (χ1n) is 25.1. The van der Waals surface area contributed by atoms with Crippen LogP contribution in [0, 0.1) is 45.8 Å². The second-order valence-electron chi connectivity index (χ2n) is 21.8. The van der Waals surface area contributed by atoms with Gasteiger partial charge >= 0.3 is 23.5 Å². The van der Waals surface area contributed by atoms with Gasteiger partial charge in [0.15, 0.2) is 22.8 Å². The topological polar surface area (TPSA) is 404 Å². The van der Waals surface area contributed by atoms with Crippen molar-refractivity contribution in [3.63, 3.8) is 0 Å². The van der Waals surface area contributed by atoms with E-state index in [2.05, 4.69) is 61.3 Å². The summed E-state index contributed by atoms with van der Waals surface area (Å²) in [4.78, 5) is 89.7. The molecule has 7 rings (SSSR count). The Morgan fingerprint density at radius 2 is 1.68 bits per heavy atom. The van der Waals surface area contributed by atoms with E-state index in [9.17, 15) is 68.1 Å². The van der Waals surface area contributed by atoms with Gasteiger partial charge in [0.1, 0.15) is 36.3 Å². The number of nitrogens with one attached hydrogen (secondary N) is 2. The second-order valence-corrected chi connectivity index (χ2v) is 27.2. The Labute approximate surface area is 438 Å². The van der Waals surface area contributed by atoms with Crippen molar-refractivity contribution in [3.8, 4) is 0 Å². The molecule has 5 aliphatic rings. The summed E-state index contributed by atoms with van der Waals surface area (Å²) in [6.45, 7) is 7.46. The molecule has 16 atom stereocenters. The Bertz CT molecular complexity index is 2590. The average molecular weight is 1140 g/mol. The van der Waals surface area contributed by atoms with E-state index < -0.39 is 90.7 Å². The summed E-state index contributed by atoms with van der Waals surface area (Å²) in [5, 5.41) is 48.7. The van der Waals surface area contributed by atoms with Gasteiger partial charge in [0.05, 0.1) is 31.7 Å². The van der Waals surface area contributed by atoms with Crippen LogP contribution >= 0.6 is 35.2 Å². The maximum absolute atomic E-state index is 13.0. The van der Waals surface area contributed by atoms with E-state index in [1.54, 1.807) is 0 Å². The van der Waals surface area contributed by atoms with Crippen molar-refractivity contribution >= 4 is 69.1 Å². The molecule has 0 radical (unpaired) electrons. The van der Waals surface area contributed by atoms with Crippen molar-refractivity contribution in [3.05, 3.63) is 24.3 Å². The predicted octanol–water partition coefficient (Wildman–Crippen LogP) is 2.99. The number of ether oxygens (including phenoxy) is 1. The minimum Gasteiger partial charge on any atom is -0.393 e. The number of amides is 2. The molecule has 3 saturated carbocycles. The number of nitrogen functional groups attached to an aromatic ring is 1. The van der Waals surface area contributed by atoms with Crippen LogP contribution in [0.25, 0.3) is 11.2 Å². The van der Waals surface area contributed by atoms with Crippen molar-refractivity contribution < 1.29 is 90.7 Å². The number of hydrogen-bond acceptors (Lipinski definition) is 20. The highest BCUT2D eigenvalue weighted by molar-refractivity contribution is 8.13. The summed E-state index contributed by atoms with van der Waals surface area (Å²) in [5.74, 6) is 0.678. The molecule has 2 unspecified atom stereocenters. The SMILES string of the molecule is C[C@H](CCC(=O)SCCNC(=O)CCNC(=O)[C@H](O)C(C)(C)COP(=O)(O)OP(=O)(O)OC[C@H]1O[C@@H](n2cnc3c(N)ncnc32)[C@H](O)[C@@H]1OP(=O)(O)O)[C@H]1CC[C@H]2[C@@H]3[C@@H](O)C=C4C[C@@H](O)CC[C@]4(C)[C@H]3CC[C@]12C. The molecule has 2 aromatic rings. The molecule has 12 N–H and O–H groups in total. The number of aliphatic hydroxyl groups is 4. The maximum Gasteiger partial charge on any atom is 0.481 e. The van der Waals surface area contributed by atoms with Gasteiger partial charge in [0, 0.05) is 37.1 Å². The fourth-order valence-corrected chi connectivity index (χ4v) is 16.0. The smallest absolute Gasteiger partial charge is 0.393 e. The van der Waals surface area contributed by atoms with Crippen LogP contribution in [0.1, 0.15) is 105 Å². The van der Waals surface area contributed by atoms with Crippen molar-refractivity contribution in [1.29, 1.82) is 0 Å². The average Bonchev–Trinajstić information content (AvgIpc) is 4.01. The van der Waals surface area contributed by atoms with Crippen molar-refractivity contribution in [2.75, 3.05) is 37.8 Å².